The minimum absolute atomic E-state index is 0.127. The molecule has 2 aromatic heterocycles. The van der Waals surface area contributed by atoms with Gasteiger partial charge in [0, 0.05) is 5.69 Å². The van der Waals surface area contributed by atoms with Gasteiger partial charge < -0.3 is 5.73 Å². The molecule has 3 nitrogen and oxygen atoms in total. The highest BCUT2D eigenvalue weighted by molar-refractivity contribution is 5.50. The van der Waals surface area contributed by atoms with Crippen LogP contribution in [0, 0.1) is 6.92 Å². The maximum absolute atomic E-state index is 6.11. The second-order valence-corrected chi connectivity index (χ2v) is 4.19. The summed E-state index contributed by atoms with van der Waals surface area (Å²) < 4.78 is 1.96. The van der Waals surface area contributed by atoms with E-state index >= 15 is 0 Å². The van der Waals surface area contributed by atoms with Gasteiger partial charge in [-0.15, -0.1) is 0 Å². The molecule has 3 heteroatoms. The Morgan fingerprint density at radius 3 is 2.86 bits per heavy atom. The van der Waals surface area contributed by atoms with E-state index in [4.69, 9.17) is 5.73 Å². The van der Waals surface area contributed by atoms with E-state index in [1.165, 1.54) is 0 Å². The highest BCUT2D eigenvalue weighted by atomic mass is 15.2. The first kappa shape index (κ1) is 8.00. The second kappa shape index (κ2) is 2.36. The summed E-state index contributed by atoms with van der Waals surface area (Å²) in [6, 6.07) is 8.27. The predicted octanol–water partition coefficient (Wildman–Crippen LogP) is 1.59. The van der Waals surface area contributed by atoms with Crippen LogP contribution in [-0.4, -0.2) is 9.61 Å². The molecule has 0 amide bonds. The molecule has 3 rings (SSSR count). The number of pyridine rings is 1. The Morgan fingerprint density at radius 2 is 2.21 bits per heavy atom. The Morgan fingerprint density at radius 1 is 1.43 bits per heavy atom. The van der Waals surface area contributed by atoms with Crippen LogP contribution in [0.25, 0.3) is 5.52 Å². The lowest BCUT2D eigenvalue weighted by molar-refractivity contribution is 0.689. The zero-order valence-electron chi connectivity index (χ0n) is 8.20. The quantitative estimate of drug-likeness (QED) is 0.736. The van der Waals surface area contributed by atoms with Crippen molar-refractivity contribution in [1.82, 2.24) is 9.61 Å². The van der Waals surface area contributed by atoms with Gasteiger partial charge in [-0.2, -0.15) is 5.10 Å². The molecule has 2 heterocycles. The van der Waals surface area contributed by atoms with Gasteiger partial charge in [-0.3, -0.25) is 0 Å². The van der Waals surface area contributed by atoms with Gasteiger partial charge >= 0.3 is 0 Å². The van der Waals surface area contributed by atoms with Crippen molar-refractivity contribution in [3.05, 3.63) is 35.7 Å². The molecule has 0 atom stereocenters. The van der Waals surface area contributed by atoms with E-state index in [9.17, 15) is 0 Å². The predicted molar refractivity (Wildman–Crippen MR) is 55.0 cm³/mol. The third-order valence-electron chi connectivity index (χ3n) is 2.97. The fourth-order valence-electron chi connectivity index (χ4n) is 1.79. The maximum Gasteiger partial charge on any atom is 0.0833 e. The summed E-state index contributed by atoms with van der Waals surface area (Å²) in [6.45, 7) is 2.06. The van der Waals surface area contributed by atoms with Crippen LogP contribution in [0.1, 0.15) is 24.2 Å². The Balaban J connectivity index is 2.25. The molecule has 0 bridgehead atoms. The molecular formula is C11H13N3. The van der Waals surface area contributed by atoms with E-state index in [0.717, 1.165) is 29.7 Å². The lowest BCUT2D eigenvalue weighted by atomic mass is 10.2. The monoisotopic (exact) mass is 187 g/mol. The Labute approximate surface area is 82.5 Å². The Bertz CT molecular complexity index is 494. The van der Waals surface area contributed by atoms with Crippen LogP contribution in [-0.2, 0) is 5.54 Å². The summed E-state index contributed by atoms with van der Waals surface area (Å²) in [5.74, 6) is 0. The zero-order chi connectivity index (χ0) is 9.76. The molecule has 0 saturated heterocycles. The number of rotatable bonds is 1. The van der Waals surface area contributed by atoms with Gasteiger partial charge in [-0.25, -0.2) is 4.52 Å². The van der Waals surface area contributed by atoms with E-state index in [1.54, 1.807) is 0 Å². The Hall–Kier alpha value is -1.35. The van der Waals surface area contributed by atoms with Gasteiger partial charge in [0.05, 0.1) is 16.7 Å². The first-order chi connectivity index (χ1) is 6.69. The molecule has 0 radical (unpaired) electrons. The summed E-state index contributed by atoms with van der Waals surface area (Å²) in [7, 11) is 0. The summed E-state index contributed by atoms with van der Waals surface area (Å²) in [5.41, 5.74) is 9.30. The molecule has 14 heavy (non-hydrogen) atoms. The second-order valence-electron chi connectivity index (χ2n) is 4.19. The molecule has 0 spiro atoms. The van der Waals surface area contributed by atoms with Crippen molar-refractivity contribution in [3.8, 4) is 0 Å². The fraction of sp³-hybridized carbons (Fsp3) is 0.364. The van der Waals surface area contributed by atoms with Gasteiger partial charge in [0.1, 0.15) is 0 Å². The molecule has 2 aromatic rings. The van der Waals surface area contributed by atoms with Gasteiger partial charge in [-0.05, 0) is 38.0 Å². The van der Waals surface area contributed by atoms with E-state index < -0.39 is 0 Å². The van der Waals surface area contributed by atoms with Gasteiger partial charge in [-0.1, -0.05) is 6.07 Å². The average Bonchev–Trinajstić information content (AvgIpc) is 2.77. The normalized spacial score (nSPS) is 18.7. The molecule has 0 aromatic carbocycles. The number of hydrogen-bond acceptors (Lipinski definition) is 2. The van der Waals surface area contributed by atoms with E-state index in [1.807, 2.05) is 10.6 Å². The van der Waals surface area contributed by atoms with Crippen LogP contribution >= 0.6 is 0 Å². The minimum atomic E-state index is -0.127. The van der Waals surface area contributed by atoms with Gasteiger partial charge in [0.15, 0.2) is 0 Å². The van der Waals surface area contributed by atoms with Crippen LogP contribution in [0.3, 0.4) is 0 Å². The van der Waals surface area contributed by atoms with Crippen molar-refractivity contribution in [1.29, 1.82) is 0 Å². The van der Waals surface area contributed by atoms with E-state index in [0.29, 0.717) is 0 Å². The number of hydrogen-bond donors (Lipinski definition) is 1. The summed E-state index contributed by atoms with van der Waals surface area (Å²) in [4.78, 5) is 0. The molecule has 0 unspecified atom stereocenters. The third-order valence-corrected chi connectivity index (χ3v) is 2.97. The smallest absolute Gasteiger partial charge is 0.0833 e. The van der Waals surface area contributed by atoms with Crippen LogP contribution in [0.4, 0.5) is 0 Å². The lowest BCUT2D eigenvalue weighted by Gasteiger charge is -2.01. The average molecular weight is 187 g/mol. The zero-order valence-corrected chi connectivity index (χ0v) is 8.20. The summed E-state index contributed by atoms with van der Waals surface area (Å²) in [6.07, 6.45) is 2.13. The number of aromatic nitrogens is 2. The largest absolute Gasteiger partial charge is 0.320 e. The summed E-state index contributed by atoms with van der Waals surface area (Å²) in [5, 5.41) is 4.54. The molecular weight excluding hydrogens is 174 g/mol. The van der Waals surface area contributed by atoms with Crippen LogP contribution in [0.5, 0.6) is 0 Å². The number of aryl methyl sites for hydroxylation is 1. The molecule has 1 saturated carbocycles. The van der Waals surface area contributed by atoms with Crippen molar-refractivity contribution in [2.24, 2.45) is 5.73 Å². The molecule has 72 valence electrons. The lowest BCUT2D eigenvalue weighted by Crippen LogP contribution is -2.19. The van der Waals surface area contributed by atoms with Crippen LogP contribution in [0.15, 0.2) is 24.3 Å². The molecule has 1 aliphatic rings. The number of nitrogens with two attached hydrogens (primary N) is 1. The fourth-order valence-corrected chi connectivity index (χ4v) is 1.79. The Kier molecular flexibility index (Phi) is 1.35. The topological polar surface area (TPSA) is 43.3 Å². The van der Waals surface area contributed by atoms with E-state index in [-0.39, 0.29) is 5.54 Å². The third kappa shape index (κ3) is 0.990. The van der Waals surface area contributed by atoms with Crippen molar-refractivity contribution in [3.63, 3.8) is 0 Å². The maximum atomic E-state index is 6.11. The SMILES string of the molecule is Cc1cccc2cc(C3(N)CC3)nn12. The van der Waals surface area contributed by atoms with E-state index in [2.05, 4.69) is 30.2 Å². The minimum Gasteiger partial charge on any atom is -0.320 e. The number of fused-ring (bicyclic) bond motifs is 1. The molecule has 2 N–H and O–H groups in total. The van der Waals surface area contributed by atoms with Crippen molar-refractivity contribution in [2.45, 2.75) is 25.3 Å². The van der Waals surface area contributed by atoms with Gasteiger partial charge in [0.25, 0.3) is 0 Å². The first-order valence-electron chi connectivity index (χ1n) is 4.94. The van der Waals surface area contributed by atoms with Gasteiger partial charge in [0.2, 0.25) is 0 Å². The standard InChI is InChI=1S/C11H13N3/c1-8-3-2-4-9-7-10(13-14(8)9)11(12)5-6-11/h2-4,7H,5-6,12H2,1H3. The number of nitrogens with zero attached hydrogens (tertiary/aromatic N) is 2. The van der Waals surface area contributed by atoms with Crippen LogP contribution < -0.4 is 5.73 Å². The first-order valence-corrected chi connectivity index (χ1v) is 4.94. The highest BCUT2D eigenvalue weighted by Crippen LogP contribution is 2.42. The van der Waals surface area contributed by atoms with Crippen molar-refractivity contribution >= 4 is 5.52 Å². The molecule has 1 aliphatic carbocycles. The summed E-state index contributed by atoms with van der Waals surface area (Å²) >= 11 is 0. The van der Waals surface area contributed by atoms with Crippen molar-refractivity contribution < 1.29 is 0 Å². The highest BCUT2D eigenvalue weighted by Gasteiger charge is 2.42. The van der Waals surface area contributed by atoms with Crippen molar-refractivity contribution in [2.75, 3.05) is 0 Å². The molecule has 1 fully saturated rings. The van der Waals surface area contributed by atoms with Crippen LogP contribution in [0.2, 0.25) is 0 Å². The molecule has 0 aliphatic heterocycles.